The van der Waals surface area contributed by atoms with Crippen LogP contribution in [0.4, 0.5) is 0 Å². The van der Waals surface area contributed by atoms with Gasteiger partial charge in [-0.05, 0) is 41.1 Å². The van der Waals surface area contributed by atoms with Crippen molar-refractivity contribution in [2.24, 2.45) is 0 Å². The number of methoxy groups -OCH3 is 1. The number of hydrogen-bond acceptors (Lipinski definition) is 2. The quantitative estimate of drug-likeness (QED) is 0.849. The fourth-order valence-electron chi connectivity index (χ4n) is 3.30. The first-order valence-corrected chi connectivity index (χ1v) is 9.38. The summed E-state index contributed by atoms with van der Waals surface area (Å²) >= 11 is 3.45. The Morgan fingerprint density at radius 1 is 1.20 bits per heavy atom. The number of benzene rings is 2. The number of carbonyl (C=O) groups is 1. The molecule has 1 N–H and O–H groups in total. The number of aryl methyl sites for hydroxylation is 1. The van der Waals surface area contributed by atoms with Gasteiger partial charge < -0.3 is 14.5 Å². The number of hydrogen-bond donors (Lipinski definition) is 1. The summed E-state index contributed by atoms with van der Waals surface area (Å²) < 4.78 is 6.04. The van der Waals surface area contributed by atoms with Crippen LogP contribution in [0.15, 0.2) is 46.9 Å². The topological polar surface area (TPSA) is 34.0 Å². The van der Waals surface area contributed by atoms with Crippen molar-refractivity contribution >= 4 is 21.8 Å². The number of rotatable bonds is 4. The molecule has 3 rings (SSSR count). The van der Waals surface area contributed by atoms with Gasteiger partial charge in [-0.15, -0.1) is 0 Å². The Morgan fingerprint density at radius 3 is 2.60 bits per heavy atom. The minimum atomic E-state index is 0.0953. The summed E-state index contributed by atoms with van der Waals surface area (Å²) in [6.07, 6.45) is 0. The van der Waals surface area contributed by atoms with Gasteiger partial charge in [0.05, 0.1) is 37.8 Å². The molecule has 0 bridgehead atoms. The zero-order valence-electron chi connectivity index (χ0n) is 14.7. The molecule has 0 aliphatic carbocycles. The third-order valence-electron chi connectivity index (χ3n) is 4.69. The molecule has 1 aliphatic rings. The third kappa shape index (κ3) is 4.41. The fraction of sp³-hybridized carbons (Fsp3) is 0.350. The molecule has 2 aromatic rings. The molecule has 1 amide bonds. The normalized spacial score (nSPS) is 15.2. The second-order valence-electron chi connectivity index (χ2n) is 6.56. The van der Waals surface area contributed by atoms with Gasteiger partial charge >= 0.3 is 0 Å². The van der Waals surface area contributed by atoms with Crippen molar-refractivity contribution in [1.82, 2.24) is 4.90 Å². The first-order valence-electron chi connectivity index (χ1n) is 8.59. The lowest BCUT2D eigenvalue weighted by Gasteiger charge is -2.32. The van der Waals surface area contributed by atoms with Gasteiger partial charge in [-0.1, -0.05) is 29.8 Å². The van der Waals surface area contributed by atoms with E-state index in [-0.39, 0.29) is 5.91 Å². The third-order valence-corrected chi connectivity index (χ3v) is 5.31. The smallest absolute Gasteiger partial charge is 0.254 e. The van der Waals surface area contributed by atoms with Crippen molar-refractivity contribution in [2.45, 2.75) is 13.5 Å². The van der Waals surface area contributed by atoms with Crippen LogP contribution in [-0.4, -0.2) is 44.1 Å². The molecule has 0 unspecified atom stereocenters. The molecule has 5 heteroatoms. The summed E-state index contributed by atoms with van der Waals surface area (Å²) in [5.74, 6) is 0.835. The molecule has 1 saturated heterocycles. The SMILES string of the molecule is COc1ccc(C(=O)N2CC[NH+](Cc3cccc(C)c3)CC2)cc1Br. The first-order chi connectivity index (χ1) is 12.1. The van der Waals surface area contributed by atoms with Gasteiger partial charge in [0.2, 0.25) is 0 Å². The van der Waals surface area contributed by atoms with E-state index >= 15 is 0 Å². The van der Waals surface area contributed by atoms with Crippen LogP contribution in [0.5, 0.6) is 5.75 Å². The molecular formula is C20H24BrN2O2+. The van der Waals surface area contributed by atoms with Crippen LogP contribution in [-0.2, 0) is 6.54 Å². The second-order valence-corrected chi connectivity index (χ2v) is 7.41. The van der Waals surface area contributed by atoms with E-state index < -0.39 is 0 Å². The highest BCUT2D eigenvalue weighted by atomic mass is 79.9. The maximum atomic E-state index is 12.7. The van der Waals surface area contributed by atoms with E-state index in [1.54, 1.807) is 7.11 Å². The van der Waals surface area contributed by atoms with E-state index in [1.807, 2.05) is 23.1 Å². The molecule has 0 spiro atoms. The Labute approximate surface area is 157 Å². The average molecular weight is 404 g/mol. The maximum absolute atomic E-state index is 12.7. The molecule has 1 fully saturated rings. The molecule has 132 valence electrons. The minimum Gasteiger partial charge on any atom is -0.496 e. The van der Waals surface area contributed by atoms with E-state index in [1.165, 1.54) is 16.0 Å². The van der Waals surface area contributed by atoms with Gasteiger partial charge in [0.25, 0.3) is 5.91 Å². The first kappa shape index (κ1) is 18.0. The highest BCUT2D eigenvalue weighted by molar-refractivity contribution is 9.10. The number of nitrogens with zero attached hydrogens (tertiary/aromatic N) is 1. The summed E-state index contributed by atoms with van der Waals surface area (Å²) in [5.41, 5.74) is 3.37. The minimum absolute atomic E-state index is 0.0953. The van der Waals surface area contributed by atoms with Crippen molar-refractivity contribution in [3.63, 3.8) is 0 Å². The van der Waals surface area contributed by atoms with Crippen molar-refractivity contribution in [3.05, 3.63) is 63.6 Å². The average Bonchev–Trinajstić information content (AvgIpc) is 2.62. The van der Waals surface area contributed by atoms with Crippen molar-refractivity contribution in [3.8, 4) is 5.75 Å². The highest BCUT2D eigenvalue weighted by Crippen LogP contribution is 2.26. The summed E-state index contributed by atoms with van der Waals surface area (Å²) in [7, 11) is 1.62. The van der Waals surface area contributed by atoms with E-state index in [9.17, 15) is 4.79 Å². The molecule has 4 nitrogen and oxygen atoms in total. The Balaban J connectivity index is 1.58. The fourth-order valence-corrected chi connectivity index (χ4v) is 3.84. The number of quaternary nitrogens is 1. The number of carbonyl (C=O) groups excluding carboxylic acids is 1. The van der Waals surface area contributed by atoms with Crippen LogP contribution >= 0.6 is 15.9 Å². The second kappa shape index (κ2) is 8.02. The Bertz CT molecular complexity index is 755. The molecule has 1 heterocycles. The highest BCUT2D eigenvalue weighted by Gasteiger charge is 2.25. The van der Waals surface area contributed by atoms with Gasteiger partial charge in [0.1, 0.15) is 12.3 Å². The van der Waals surface area contributed by atoms with E-state index in [0.717, 1.165) is 42.9 Å². The van der Waals surface area contributed by atoms with Crippen LogP contribution in [0.3, 0.4) is 0 Å². The predicted molar refractivity (Wildman–Crippen MR) is 102 cm³/mol. The van der Waals surface area contributed by atoms with Crippen LogP contribution in [0.2, 0.25) is 0 Å². The Morgan fingerprint density at radius 2 is 1.96 bits per heavy atom. The monoisotopic (exact) mass is 403 g/mol. The summed E-state index contributed by atoms with van der Waals surface area (Å²) in [5, 5.41) is 0. The zero-order chi connectivity index (χ0) is 17.8. The predicted octanol–water partition coefficient (Wildman–Crippen LogP) is 2.31. The van der Waals surface area contributed by atoms with Crippen LogP contribution in [0.1, 0.15) is 21.5 Å². The van der Waals surface area contributed by atoms with E-state index in [4.69, 9.17) is 4.74 Å². The van der Waals surface area contributed by atoms with Crippen molar-refractivity contribution in [1.29, 1.82) is 0 Å². The summed E-state index contributed by atoms with van der Waals surface area (Å²) in [4.78, 5) is 16.2. The van der Waals surface area contributed by atoms with Gasteiger partial charge in [-0.25, -0.2) is 0 Å². The van der Waals surface area contributed by atoms with Gasteiger partial charge in [0.15, 0.2) is 0 Å². The lowest BCUT2D eigenvalue weighted by Crippen LogP contribution is -3.13. The van der Waals surface area contributed by atoms with Gasteiger partial charge in [0, 0.05) is 11.1 Å². The van der Waals surface area contributed by atoms with Crippen LogP contribution in [0, 0.1) is 6.92 Å². The van der Waals surface area contributed by atoms with Gasteiger partial charge in [-0.2, -0.15) is 0 Å². The zero-order valence-corrected chi connectivity index (χ0v) is 16.3. The van der Waals surface area contributed by atoms with Gasteiger partial charge in [-0.3, -0.25) is 4.79 Å². The molecule has 0 saturated carbocycles. The number of piperazine rings is 1. The summed E-state index contributed by atoms with van der Waals surface area (Å²) in [6, 6.07) is 14.2. The number of nitrogens with one attached hydrogen (secondary N) is 1. The lowest BCUT2D eigenvalue weighted by molar-refractivity contribution is -0.917. The van der Waals surface area contributed by atoms with Crippen LogP contribution < -0.4 is 9.64 Å². The maximum Gasteiger partial charge on any atom is 0.254 e. The molecule has 1 aliphatic heterocycles. The molecule has 0 aromatic heterocycles. The van der Waals surface area contributed by atoms with Crippen molar-refractivity contribution in [2.75, 3.05) is 33.3 Å². The van der Waals surface area contributed by atoms with E-state index in [2.05, 4.69) is 47.1 Å². The summed E-state index contributed by atoms with van der Waals surface area (Å²) in [6.45, 7) is 6.71. The molecule has 0 atom stereocenters. The largest absolute Gasteiger partial charge is 0.496 e. The Hall–Kier alpha value is -1.85. The molecule has 2 aromatic carbocycles. The van der Waals surface area contributed by atoms with E-state index in [0.29, 0.717) is 5.56 Å². The number of halogens is 1. The molecular weight excluding hydrogens is 380 g/mol. The number of ether oxygens (including phenoxy) is 1. The lowest BCUT2D eigenvalue weighted by atomic mass is 10.1. The standard InChI is InChI=1S/C20H23BrN2O2/c1-15-4-3-5-16(12-15)14-22-8-10-23(11-9-22)20(24)17-6-7-19(25-2)18(21)13-17/h3-7,12-13H,8-11,14H2,1-2H3/p+1. The molecule has 25 heavy (non-hydrogen) atoms. The van der Waals surface area contributed by atoms with Crippen LogP contribution in [0.25, 0.3) is 0 Å². The van der Waals surface area contributed by atoms with Crippen molar-refractivity contribution < 1.29 is 14.4 Å². The Kier molecular flexibility index (Phi) is 5.76. The number of amides is 1. The molecule has 0 radical (unpaired) electrons.